The highest BCUT2D eigenvalue weighted by molar-refractivity contribution is 5.64. The van der Waals surface area contributed by atoms with Crippen LogP contribution in [-0.2, 0) is 4.74 Å². The average Bonchev–Trinajstić information content (AvgIpc) is 2.83. The monoisotopic (exact) mass is 268 g/mol. The van der Waals surface area contributed by atoms with Crippen molar-refractivity contribution in [1.29, 1.82) is 0 Å². The lowest BCUT2D eigenvalue weighted by atomic mass is 10.0. The van der Waals surface area contributed by atoms with Gasteiger partial charge in [-0.25, -0.2) is 0 Å². The van der Waals surface area contributed by atoms with Gasteiger partial charge in [0.2, 0.25) is 0 Å². The van der Waals surface area contributed by atoms with Crippen LogP contribution in [0, 0.1) is 10.1 Å². The van der Waals surface area contributed by atoms with Gasteiger partial charge in [0.15, 0.2) is 0 Å². The highest BCUT2D eigenvalue weighted by Gasteiger charge is 2.32. The Morgan fingerprint density at radius 2 is 2.42 bits per heavy atom. The van der Waals surface area contributed by atoms with Crippen molar-refractivity contribution in [3.8, 4) is 5.75 Å². The zero-order valence-corrected chi connectivity index (χ0v) is 10.6. The highest BCUT2D eigenvalue weighted by Crippen LogP contribution is 2.30. The fourth-order valence-corrected chi connectivity index (χ4v) is 1.94. The summed E-state index contributed by atoms with van der Waals surface area (Å²) in [6.45, 7) is 0.928. The molecule has 0 radical (unpaired) electrons. The summed E-state index contributed by atoms with van der Waals surface area (Å²) in [7, 11) is 1.49. The SMILES string of the molecule is COc1ccc([N+](=O)[O-])c(NCC2(O)CCOC2)c1. The van der Waals surface area contributed by atoms with Gasteiger partial charge in [0.1, 0.15) is 17.0 Å². The van der Waals surface area contributed by atoms with E-state index in [0.717, 1.165) is 0 Å². The number of benzene rings is 1. The molecule has 1 aliphatic rings. The minimum atomic E-state index is -0.975. The third-order valence-corrected chi connectivity index (χ3v) is 3.09. The van der Waals surface area contributed by atoms with Gasteiger partial charge >= 0.3 is 0 Å². The van der Waals surface area contributed by atoms with Crippen LogP contribution in [0.1, 0.15) is 6.42 Å². The molecule has 1 aromatic carbocycles. The minimum absolute atomic E-state index is 0.0525. The molecule has 7 heteroatoms. The van der Waals surface area contributed by atoms with E-state index in [1.54, 1.807) is 0 Å². The standard InChI is InChI=1S/C12H16N2O5/c1-18-9-2-3-11(14(16)17)10(6-9)13-7-12(15)4-5-19-8-12/h2-3,6,13,15H,4-5,7-8H2,1H3. The Balaban J connectivity index is 2.15. The van der Waals surface area contributed by atoms with Crippen LogP contribution in [-0.4, -0.2) is 42.5 Å². The van der Waals surface area contributed by atoms with E-state index in [2.05, 4.69) is 5.32 Å². The highest BCUT2D eigenvalue weighted by atomic mass is 16.6. The van der Waals surface area contributed by atoms with E-state index in [-0.39, 0.29) is 18.8 Å². The molecule has 1 aliphatic heterocycles. The van der Waals surface area contributed by atoms with E-state index >= 15 is 0 Å². The van der Waals surface area contributed by atoms with Crippen molar-refractivity contribution in [3.05, 3.63) is 28.3 Å². The summed E-state index contributed by atoms with van der Waals surface area (Å²) >= 11 is 0. The molecule has 0 bridgehead atoms. The van der Waals surface area contributed by atoms with E-state index < -0.39 is 10.5 Å². The maximum absolute atomic E-state index is 10.9. The first kappa shape index (κ1) is 13.6. The van der Waals surface area contributed by atoms with Gasteiger partial charge in [0.25, 0.3) is 5.69 Å². The van der Waals surface area contributed by atoms with Crippen molar-refractivity contribution in [2.24, 2.45) is 0 Å². The summed E-state index contributed by atoms with van der Waals surface area (Å²) in [4.78, 5) is 10.5. The second kappa shape index (κ2) is 5.41. The fraction of sp³-hybridized carbons (Fsp3) is 0.500. The topological polar surface area (TPSA) is 93.9 Å². The van der Waals surface area contributed by atoms with Gasteiger partial charge in [-0.1, -0.05) is 0 Å². The van der Waals surface area contributed by atoms with E-state index in [4.69, 9.17) is 9.47 Å². The van der Waals surface area contributed by atoms with Crippen molar-refractivity contribution in [2.75, 3.05) is 32.2 Å². The van der Waals surface area contributed by atoms with Crippen LogP contribution in [0.2, 0.25) is 0 Å². The van der Waals surface area contributed by atoms with Crippen LogP contribution >= 0.6 is 0 Å². The number of nitrogens with one attached hydrogen (secondary N) is 1. The minimum Gasteiger partial charge on any atom is -0.497 e. The molecule has 1 saturated heterocycles. The first-order valence-corrected chi connectivity index (χ1v) is 5.90. The molecule has 2 N–H and O–H groups in total. The van der Waals surface area contributed by atoms with Crippen molar-refractivity contribution in [2.45, 2.75) is 12.0 Å². The largest absolute Gasteiger partial charge is 0.497 e. The summed E-state index contributed by atoms with van der Waals surface area (Å²) < 4.78 is 10.2. The third-order valence-electron chi connectivity index (χ3n) is 3.09. The molecule has 0 saturated carbocycles. The maximum Gasteiger partial charge on any atom is 0.292 e. The van der Waals surface area contributed by atoms with Crippen LogP contribution in [0.3, 0.4) is 0 Å². The van der Waals surface area contributed by atoms with Crippen molar-refractivity contribution in [3.63, 3.8) is 0 Å². The number of nitro benzene ring substituents is 1. The van der Waals surface area contributed by atoms with Crippen molar-refractivity contribution < 1.29 is 19.5 Å². The van der Waals surface area contributed by atoms with E-state index in [9.17, 15) is 15.2 Å². The molecule has 2 rings (SSSR count). The molecular weight excluding hydrogens is 252 g/mol. The summed E-state index contributed by atoms with van der Waals surface area (Å²) in [5.74, 6) is 0.516. The number of hydrogen-bond acceptors (Lipinski definition) is 6. The molecule has 0 aliphatic carbocycles. The number of ether oxygens (including phenoxy) is 2. The van der Waals surface area contributed by atoms with E-state index in [1.807, 2.05) is 0 Å². The number of methoxy groups -OCH3 is 1. The Morgan fingerprint density at radius 1 is 1.63 bits per heavy atom. The van der Waals surface area contributed by atoms with Crippen molar-refractivity contribution >= 4 is 11.4 Å². The molecule has 104 valence electrons. The molecule has 1 fully saturated rings. The van der Waals surface area contributed by atoms with Gasteiger partial charge in [-0.2, -0.15) is 0 Å². The first-order chi connectivity index (χ1) is 9.04. The van der Waals surface area contributed by atoms with Crippen LogP contribution in [0.4, 0.5) is 11.4 Å². The predicted octanol–water partition coefficient (Wildman–Crippen LogP) is 1.17. The van der Waals surface area contributed by atoms with Gasteiger partial charge < -0.3 is 19.9 Å². The molecule has 0 amide bonds. The Bertz CT molecular complexity index is 471. The van der Waals surface area contributed by atoms with Gasteiger partial charge in [-0.15, -0.1) is 0 Å². The first-order valence-electron chi connectivity index (χ1n) is 5.90. The average molecular weight is 268 g/mol. The Kier molecular flexibility index (Phi) is 3.87. The number of aliphatic hydroxyl groups is 1. The molecule has 1 atom stereocenters. The lowest BCUT2D eigenvalue weighted by Crippen LogP contribution is -2.37. The maximum atomic E-state index is 10.9. The Morgan fingerprint density at radius 3 is 3.00 bits per heavy atom. The Hall–Kier alpha value is -1.86. The Labute approximate surface area is 110 Å². The second-order valence-corrected chi connectivity index (χ2v) is 4.52. The molecule has 0 spiro atoms. The zero-order valence-electron chi connectivity index (χ0n) is 10.6. The molecule has 19 heavy (non-hydrogen) atoms. The van der Waals surface area contributed by atoms with Crippen LogP contribution < -0.4 is 10.1 Å². The lowest BCUT2D eigenvalue weighted by molar-refractivity contribution is -0.384. The van der Waals surface area contributed by atoms with Gasteiger partial charge in [-0.3, -0.25) is 10.1 Å². The molecular formula is C12H16N2O5. The summed E-state index contributed by atoms with van der Waals surface area (Å²) in [5.41, 5.74) is -0.704. The summed E-state index contributed by atoms with van der Waals surface area (Å²) in [6.07, 6.45) is 0.512. The van der Waals surface area contributed by atoms with Gasteiger partial charge in [0.05, 0.1) is 18.6 Å². The van der Waals surface area contributed by atoms with Crippen LogP contribution in [0.5, 0.6) is 5.75 Å². The number of nitrogens with zero attached hydrogens (tertiary/aromatic N) is 1. The van der Waals surface area contributed by atoms with Gasteiger partial charge in [0, 0.05) is 31.7 Å². The van der Waals surface area contributed by atoms with Crippen molar-refractivity contribution in [1.82, 2.24) is 0 Å². The number of anilines is 1. The smallest absolute Gasteiger partial charge is 0.292 e. The van der Waals surface area contributed by atoms with E-state index in [1.165, 1.54) is 25.3 Å². The summed E-state index contributed by atoms with van der Waals surface area (Å²) in [6, 6.07) is 4.43. The van der Waals surface area contributed by atoms with E-state index in [0.29, 0.717) is 24.5 Å². The fourth-order valence-electron chi connectivity index (χ4n) is 1.94. The zero-order chi connectivity index (χ0) is 13.9. The quantitative estimate of drug-likeness (QED) is 0.615. The van der Waals surface area contributed by atoms with Crippen LogP contribution in [0.25, 0.3) is 0 Å². The second-order valence-electron chi connectivity index (χ2n) is 4.52. The molecule has 1 heterocycles. The van der Waals surface area contributed by atoms with Gasteiger partial charge in [-0.05, 0) is 6.07 Å². The summed E-state index contributed by atoms with van der Waals surface area (Å²) in [5, 5.41) is 24.0. The van der Waals surface area contributed by atoms with Crippen LogP contribution in [0.15, 0.2) is 18.2 Å². The normalized spacial score (nSPS) is 22.2. The molecule has 1 aromatic rings. The molecule has 1 unspecified atom stereocenters. The number of nitro groups is 1. The molecule has 0 aromatic heterocycles. The predicted molar refractivity (Wildman–Crippen MR) is 68.5 cm³/mol. The lowest BCUT2D eigenvalue weighted by Gasteiger charge is -2.21. The molecule has 7 nitrogen and oxygen atoms in total. The third kappa shape index (κ3) is 3.12. The number of rotatable bonds is 5. The number of hydrogen-bond donors (Lipinski definition) is 2.